The summed E-state index contributed by atoms with van der Waals surface area (Å²) in [5.41, 5.74) is 8.77. The Kier molecular flexibility index (Phi) is 3.73. The van der Waals surface area contributed by atoms with Crippen molar-refractivity contribution < 1.29 is 4.79 Å². The van der Waals surface area contributed by atoms with E-state index in [2.05, 4.69) is 15.0 Å². The van der Waals surface area contributed by atoms with E-state index in [0.29, 0.717) is 36.8 Å². The van der Waals surface area contributed by atoms with Gasteiger partial charge in [-0.25, -0.2) is 4.98 Å². The minimum absolute atomic E-state index is 0.324. The normalized spacial score (nSPS) is 16.6. The molecule has 5 nitrogen and oxygen atoms in total. The number of nitrogens with zero attached hydrogens (tertiary/aromatic N) is 3. The lowest BCUT2D eigenvalue weighted by atomic mass is 9.84. The third kappa shape index (κ3) is 2.97. The molecule has 0 saturated heterocycles. The van der Waals surface area contributed by atoms with E-state index in [4.69, 9.17) is 5.73 Å². The van der Waals surface area contributed by atoms with Crippen molar-refractivity contribution in [3.05, 3.63) is 42.4 Å². The van der Waals surface area contributed by atoms with Crippen molar-refractivity contribution in [2.75, 3.05) is 6.54 Å². The highest BCUT2D eigenvalue weighted by atomic mass is 16.1. The molecule has 1 aliphatic carbocycles. The van der Waals surface area contributed by atoms with Crippen molar-refractivity contribution in [3.8, 4) is 0 Å². The van der Waals surface area contributed by atoms with Crippen LogP contribution in [-0.4, -0.2) is 28.5 Å². The Balaban J connectivity index is 1.75. The van der Waals surface area contributed by atoms with E-state index >= 15 is 0 Å². The molecule has 1 saturated carbocycles. The third-order valence-corrected chi connectivity index (χ3v) is 3.55. The molecule has 21 heavy (non-hydrogen) atoms. The number of aliphatic imine (C=N–C) groups is 1. The largest absolute Gasteiger partial charge is 0.404 e. The number of para-hydroxylation sites is 2. The van der Waals surface area contributed by atoms with Crippen LogP contribution in [0.15, 0.2) is 41.7 Å². The minimum atomic E-state index is 0.324. The molecule has 1 heterocycles. The molecule has 0 spiro atoms. The zero-order chi connectivity index (χ0) is 14.7. The quantitative estimate of drug-likeness (QED) is 0.868. The number of benzene rings is 1. The molecule has 1 aromatic heterocycles. The molecule has 0 bridgehead atoms. The van der Waals surface area contributed by atoms with Crippen LogP contribution >= 0.6 is 0 Å². The highest BCUT2D eigenvalue weighted by Crippen LogP contribution is 2.22. The van der Waals surface area contributed by atoms with E-state index in [1.165, 1.54) is 6.20 Å². The van der Waals surface area contributed by atoms with E-state index in [0.717, 1.165) is 16.6 Å². The lowest BCUT2D eigenvalue weighted by Gasteiger charge is -2.21. The molecule has 106 valence electrons. The summed E-state index contributed by atoms with van der Waals surface area (Å²) in [5.74, 6) is 0.709. The standard InChI is InChI=1S/C16H16N4O/c17-7-12(9-18-8-11-5-13(21)6-11)16-10-19-14-3-1-2-4-15(14)20-16/h1-4,7,9-11H,5-6,8,17H2. The number of nitrogens with two attached hydrogens (primary N) is 1. The monoisotopic (exact) mass is 280 g/mol. The van der Waals surface area contributed by atoms with E-state index in [1.54, 1.807) is 12.4 Å². The fourth-order valence-corrected chi connectivity index (χ4v) is 2.30. The SMILES string of the molecule is NC=C(C=NCC1CC(=O)C1)c1cnc2ccccc2n1. The zero-order valence-corrected chi connectivity index (χ0v) is 11.6. The van der Waals surface area contributed by atoms with Crippen molar-refractivity contribution in [1.29, 1.82) is 0 Å². The average Bonchev–Trinajstić information content (AvgIpc) is 2.49. The summed E-state index contributed by atoms with van der Waals surface area (Å²) in [4.78, 5) is 24.2. The van der Waals surface area contributed by atoms with Crippen molar-refractivity contribution in [1.82, 2.24) is 9.97 Å². The maximum absolute atomic E-state index is 10.9. The molecule has 0 atom stereocenters. The first kappa shape index (κ1) is 13.4. The second-order valence-corrected chi connectivity index (χ2v) is 5.17. The summed E-state index contributed by atoms with van der Waals surface area (Å²) in [6.45, 7) is 0.657. The summed E-state index contributed by atoms with van der Waals surface area (Å²) in [6.07, 6.45) is 6.18. The van der Waals surface area contributed by atoms with Crippen LogP contribution in [0.25, 0.3) is 16.6 Å². The number of hydrogen-bond acceptors (Lipinski definition) is 5. The summed E-state index contributed by atoms with van der Waals surface area (Å²) in [7, 11) is 0. The third-order valence-electron chi connectivity index (χ3n) is 3.55. The van der Waals surface area contributed by atoms with Gasteiger partial charge in [-0.2, -0.15) is 0 Å². The summed E-state index contributed by atoms with van der Waals surface area (Å²) in [6, 6.07) is 7.68. The van der Waals surface area contributed by atoms with Crippen LogP contribution in [0.5, 0.6) is 0 Å². The molecule has 0 radical (unpaired) electrons. The van der Waals surface area contributed by atoms with Gasteiger partial charge in [0.25, 0.3) is 0 Å². The van der Waals surface area contributed by atoms with Gasteiger partial charge in [0.15, 0.2) is 0 Å². The highest BCUT2D eigenvalue weighted by Gasteiger charge is 2.25. The van der Waals surface area contributed by atoms with E-state index < -0.39 is 0 Å². The molecular formula is C16H16N4O. The first-order valence-corrected chi connectivity index (χ1v) is 6.92. The Morgan fingerprint density at radius 2 is 2.10 bits per heavy atom. The van der Waals surface area contributed by atoms with Gasteiger partial charge >= 0.3 is 0 Å². The fraction of sp³-hybridized carbons (Fsp3) is 0.250. The minimum Gasteiger partial charge on any atom is -0.404 e. The molecule has 0 unspecified atom stereocenters. The molecule has 1 aromatic carbocycles. The fourth-order valence-electron chi connectivity index (χ4n) is 2.30. The van der Waals surface area contributed by atoms with Crippen LogP contribution in [0.3, 0.4) is 0 Å². The number of carbonyl (C=O) groups is 1. The number of ketones is 1. The van der Waals surface area contributed by atoms with Crippen molar-refractivity contribution in [3.63, 3.8) is 0 Å². The molecule has 2 aromatic rings. The van der Waals surface area contributed by atoms with Crippen LogP contribution in [0.4, 0.5) is 0 Å². The topological polar surface area (TPSA) is 81.2 Å². The summed E-state index contributed by atoms with van der Waals surface area (Å²) < 4.78 is 0. The van der Waals surface area contributed by atoms with Gasteiger partial charge in [0, 0.05) is 37.4 Å². The van der Waals surface area contributed by atoms with Crippen LogP contribution in [0, 0.1) is 5.92 Å². The van der Waals surface area contributed by atoms with Gasteiger partial charge in [-0.05, 0) is 18.1 Å². The van der Waals surface area contributed by atoms with Gasteiger partial charge in [0.1, 0.15) is 5.78 Å². The van der Waals surface area contributed by atoms with Gasteiger partial charge in [0.2, 0.25) is 0 Å². The lowest BCUT2D eigenvalue weighted by Crippen LogP contribution is -2.25. The van der Waals surface area contributed by atoms with Gasteiger partial charge < -0.3 is 5.73 Å². The van der Waals surface area contributed by atoms with Crippen molar-refractivity contribution in [2.45, 2.75) is 12.8 Å². The first-order valence-electron chi connectivity index (χ1n) is 6.92. The smallest absolute Gasteiger partial charge is 0.133 e. The number of hydrogen-bond donors (Lipinski definition) is 1. The molecule has 0 aliphatic heterocycles. The summed E-state index contributed by atoms with van der Waals surface area (Å²) in [5, 5.41) is 0. The maximum atomic E-state index is 10.9. The molecule has 0 amide bonds. The predicted molar refractivity (Wildman–Crippen MR) is 82.8 cm³/mol. The Hall–Kier alpha value is -2.56. The highest BCUT2D eigenvalue weighted by molar-refractivity contribution is 6.09. The van der Waals surface area contributed by atoms with E-state index in [-0.39, 0.29) is 0 Å². The van der Waals surface area contributed by atoms with Gasteiger partial charge in [-0.3, -0.25) is 14.8 Å². The predicted octanol–water partition coefficient (Wildman–Crippen LogP) is 1.98. The number of allylic oxidation sites excluding steroid dienone is 1. The second kappa shape index (κ2) is 5.83. The lowest BCUT2D eigenvalue weighted by molar-refractivity contribution is -0.126. The number of rotatable bonds is 4. The van der Waals surface area contributed by atoms with Gasteiger partial charge in [-0.1, -0.05) is 12.1 Å². The van der Waals surface area contributed by atoms with Crippen LogP contribution < -0.4 is 5.73 Å². The number of Topliss-reactive ketones (excluding diaryl/α,β-unsaturated/α-hetero) is 1. The van der Waals surface area contributed by atoms with Crippen LogP contribution in [0.1, 0.15) is 18.5 Å². The second-order valence-electron chi connectivity index (χ2n) is 5.17. The Morgan fingerprint density at radius 3 is 2.81 bits per heavy atom. The molecule has 2 N–H and O–H groups in total. The maximum Gasteiger partial charge on any atom is 0.133 e. The average molecular weight is 280 g/mol. The van der Waals surface area contributed by atoms with Crippen molar-refractivity contribution >= 4 is 28.6 Å². The van der Waals surface area contributed by atoms with E-state index in [9.17, 15) is 4.79 Å². The Labute approximate surface area is 122 Å². The molecule has 3 rings (SSSR count). The van der Waals surface area contributed by atoms with Gasteiger partial charge in [-0.15, -0.1) is 0 Å². The van der Waals surface area contributed by atoms with Crippen LogP contribution in [0.2, 0.25) is 0 Å². The molecule has 5 heteroatoms. The van der Waals surface area contributed by atoms with Gasteiger partial charge in [0.05, 0.1) is 22.9 Å². The molecular weight excluding hydrogens is 264 g/mol. The molecule has 1 aliphatic rings. The van der Waals surface area contributed by atoms with Crippen LogP contribution in [-0.2, 0) is 4.79 Å². The zero-order valence-electron chi connectivity index (χ0n) is 11.6. The number of carbonyl (C=O) groups excluding carboxylic acids is 1. The Morgan fingerprint density at radius 1 is 1.33 bits per heavy atom. The van der Waals surface area contributed by atoms with Crippen molar-refractivity contribution in [2.24, 2.45) is 16.6 Å². The number of fused-ring (bicyclic) bond motifs is 1. The molecule has 1 fully saturated rings. The first-order chi connectivity index (χ1) is 10.3. The van der Waals surface area contributed by atoms with E-state index in [1.807, 2.05) is 24.3 Å². The Bertz CT molecular complexity index is 728. The summed E-state index contributed by atoms with van der Waals surface area (Å²) >= 11 is 0. The number of aromatic nitrogens is 2.